The van der Waals surface area contributed by atoms with Crippen LogP contribution in [0.2, 0.25) is 12.1 Å². The van der Waals surface area contributed by atoms with Gasteiger partial charge in [-0.2, -0.15) is 0 Å². The van der Waals surface area contributed by atoms with E-state index in [0.29, 0.717) is 0 Å². The monoisotopic (exact) mass is 344 g/mol. The zero-order valence-electron chi connectivity index (χ0n) is 15.2. The van der Waals surface area contributed by atoms with E-state index in [9.17, 15) is 0 Å². The first kappa shape index (κ1) is 16.6. The maximum Gasteiger partial charge on any atom is 0.114 e. The van der Waals surface area contributed by atoms with E-state index in [1.165, 1.54) is 43.2 Å². The van der Waals surface area contributed by atoms with E-state index in [2.05, 4.69) is 79.4 Å². The molecule has 1 heteroatoms. The van der Waals surface area contributed by atoms with Gasteiger partial charge in [-0.05, 0) is 23.1 Å². The van der Waals surface area contributed by atoms with Crippen LogP contribution in [0.4, 0.5) is 0 Å². The van der Waals surface area contributed by atoms with Gasteiger partial charge in [-0.1, -0.05) is 122 Å². The number of rotatable bonds is 4. The number of allylic oxidation sites excluding steroid dienone is 4. The third kappa shape index (κ3) is 3.06. The van der Waals surface area contributed by atoms with Crippen molar-refractivity contribution in [3.8, 4) is 0 Å². The number of benzene rings is 2. The smallest absolute Gasteiger partial charge is 0.0802 e. The summed E-state index contributed by atoms with van der Waals surface area (Å²) in [7, 11) is -1.72. The van der Waals surface area contributed by atoms with Gasteiger partial charge in [0.25, 0.3) is 0 Å². The molecule has 0 amide bonds. The molecule has 4 rings (SSSR count). The van der Waals surface area contributed by atoms with Crippen LogP contribution in [0.25, 0.3) is 5.57 Å². The Morgan fingerprint density at radius 2 is 1.44 bits per heavy atom. The summed E-state index contributed by atoms with van der Waals surface area (Å²) in [5.74, 6) is 0. The number of hydrogen-bond donors (Lipinski definition) is 0. The summed E-state index contributed by atoms with van der Waals surface area (Å²) in [6, 6.07) is 22.5. The first-order chi connectivity index (χ1) is 12.3. The molecule has 25 heavy (non-hydrogen) atoms. The summed E-state index contributed by atoms with van der Waals surface area (Å²) in [4.78, 5) is 0. The molecule has 0 radical (unpaired) electrons. The van der Waals surface area contributed by atoms with Crippen LogP contribution in [0.15, 0.2) is 78.0 Å². The van der Waals surface area contributed by atoms with E-state index in [0.717, 1.165) is 12.0 Å². The predicted octanol–water partition coefficient (Wildman–Crippen LogP) is 6.26. The van der Waals surface area contributed by atoms with Crippen molar-refractivity contribution in [2.24, 2.45) is 0 Å². The van der Waals surface area contributed by atoms with E-state index in [4.69, 9.17) is 0 Å². The average Bonchev–Trinajstić information content (AvgIpc) is 3.20. The van der Waals surface area contributed by atoms with Crippen LogP contribution in [0.3, 0.4) is 0 Å². The zero-order chi connectivity index (χ0) is 17.1. The minimum Gasteiger partial charge on any atom is -0.0802 e. The SMILES string of the molecule is C[Si](C1=C(c2ccccc2)C=CC1)(c1ccccc1)C1CCCCC1. The van der Waals surface area contributed by atoms with Crippen LogP contribution in [0.5, 0.6) is 0 Å². The van der Waals surface area contributed by atoms with Gasteiger partial charge in [0, 0.05) is 0 Å². The van der Waals surface area contributed by atoms with Gasteiger partial charge >= 0.3 is 0 Å². The Morgan fingerprint density at radius 3 is 2.12 bits per heavy atom. The molecule has 1 atom stereocenters. The standard InChI is InChI=1S/C24H28Si/c1-25(21-14-7-3-8-15-21,22-16-9-4-10-17-22)24-19-11-18-23(24)20-12-5-2-6-13-20/h2-3,5-8,11-15,18,22H,4,9-10,16-17,19H2,1H3. The fourth-order valence-corrected chi connectivity index (χ4v) is 10.1. The van der Waals surface area contributed by atoms with Crippen LogP contribution in [0, 0.1) is 0 Å². The van der Waals surface area contributed by atoms with E-state index in [1.807, 2.05) is 0 Å². The Morgan fingerprint density at radius 1 is 0.800 bits per heavy atom. The molecule has 0 aromatic heterocycles. The van der Waals surface area contributed by atoms with Crippen molar-refractivity contribution in [3.63, 3.8) is 0 Å². The summed E-state index contributed by atoms with van der Waals surface area (Å²) >= 11 is 0. The quantitative estimate of drug-likeness (QED) is 0.574. The first-order valence-electron chi connectivity index (χ1n) is 9.81. The van der Waals surface area contributed by atoms with Gasteiger partial charge < -0.3 is 0 Å². The fourth-order valence-electron chi connectivity index (χ4n) is 5.01. The highest BCUT2D eigenvalue weighted by atomic mass is 28.3. The van der Waals surface area contributed by atoms with Crippen molar-refractivity contribution in [3.05, 3.63) is 83.6 Å². The van der Waals surface area contributed by atoms with Gasteiger partial charge in [-0.3, -0.25) is 0 Å². The molecule has 2 aromatic carbocycles. The van der Waals surface area contributed by atoms with Crippen LogP contribution >= 0.6 is 0 Å². The summed E-state index contributed by atoms with van der Waals surface area (Å²) in [6.45, 7) is 2.66. The second kappa shape index (κ2) is 7.17. The highest BCUT2D eigenvalue weighted by molar-refractivity contribution is 6.98. The molecule has 1 unspecified atom stereocenters. The van der Waals surface area contributed by atoms with Crippen molar-refractivity contribution in [2.75, 3.05) is 0 Å². The molecule has 0 aliphatic heterocycles. The lowest BCUT2D eigenvalue weighted by Crippen LogP contribution is -2.51. The highest BCUT2D eigenvalue weighted by Crippen LogP contribution is 2.45. The second-order valence-electron chi connectivity index (χ2n) is 7.77. The minimum atomic E-state index is -1.72. The Kier molecular flexibility index (Phi) is 4.76. The molecule has 0 bridgehead atoms. The third-order valence-corrected chi connectivity index (χ3v) is 11.9. The van der Waals surface area contributed by atoms with E-state index >= 15 is 0 Å². The fraction of sp³-hybridized carbons (Fsp3) is 0.333. The normalized spacial score (nSPS) is 20.7. The lowest BCUT2D eigenvalue weighted by molar-refractivity contribution is 0.494. The van der Waals surface area contributed by atoms with Crippen LogP contribution in [-0.4, -0.2) is 8.07 Å². The zero-order valence-corrected chi connectivity index (χ0v) is 16.2. The van der Waals surface area contributed by atoms with Gasteiger partial charge in [0.15, 0.2) is 0 Å². The van der Waals surface area contributed by atoms with Crippen LogP contribution in [-0.2, 0) is 0 Å². The Labute approximate surface area is 153 Å². The summed E-state index contributed by atoms with van der Waals surface area (Å²) in [5.41, 5.74) is 3.80. The molecule has 2 aliphatic rings. The van der Waals surface area contributed by atoms with Crippen molar-refractivity contribution in [1.29, 1.82) is 0 Å². The van der Waals surface area contributed by atoms with Gasteiger partial charge in [0.05, 0.1) is 0 Å². The van der Waals surface area contributed by atoms with Gasteiger partial charge in [0.2, 0.25) is 0 Å². The largest absolute Gasteiger partial charge is 0.114 e. The van der Waals surface area contributed by atoms with Crippen molar-refractivity contribution < 1.29 is 0 Å². The lowest BCUT2D eigenvalue weighted by Gasteiger charge is -2.41. The first-order valence-corrected chi connectivity index (χ1v) is 12.4. The van der Waals surface area contributed by atoms with Crippen LogP contribution in [0.1, 0.15) is 44.1 Å². The maximum atomic E-state index is 2.66. The Balaban J connectivity index is 1.86. The molecule has 0 nitrogen and oxygen atoms in total. The van der Waals surface area contributed by atoms with Gasteiger partial charge in [-0.25, -0.2) is 0 Å². The Hall–Kier alpha value is -1.86. The van der Waals surface area contributed by atoms with Gasteiger partial charge in [-0.15, -0.1) is 0 Å². The lowest BCUT2D eigenvalue weighted by atomic mass is 10.0. The highest BCUT2D eigenvalue weighted by Gasteiger charge is 2.43. The second-order valence-corrected chi connectivity index (χ2v) is 12.2. The molecule has 0 spiro atoms. The van der Waals surface area contributed by atoms with Crippen molar-refractivity contribution in [2.45, 2.75) is 50.6 Å². The topological polar surface area (TPSA) is 0 Å². The molecule has 2 aliphatic carbocycles. The van der Waals surface area contributed by atoms with Crippen molar-refractivity contribution >= 4 is 18.8 Å². The average molecular weight is 345 g/mol. The summed E-state index contributed by atoms with van der Waals surface area (Å²) in [6.07, 6.45) is 13.0. The van der Waals surface area contributed by atoms with Crippen LogP contribution < -0.4 is 5.19 Å². The molecule has 0 saturated heterocycles. The van der Waals surface area contributed by atoms with Crippen molar-refractivity contribution in [1.82, 2.24) is 0 Å². The molecule has 1 saturated carbocycles. The molecule has 0 N–H and O–H groups in total. The molecule has 0 heterocycles. The molecular weight excluding hydrogens is 316 g/mol. The summed E-state index contributed by atoms with van der Waals surface area (Å²) in [5, 5.41) is 3.39. The predicted molar refractivity (Wildman–Crippen MR) is 112 cm³/mol. The Bertz CT molecular complexity index is 766. The van der Waals surface area contributed by atoms with Gasteiger partial charge in [0.1, 0.15) is 8.07 Å². The molecule has 2 aromatic rings. The maximum absolute atomic E-state index is 2.66. The molecular formula is C24H28Si. The van der Waals surface area contributed by atoms with E-state index in [-0.39, 0.29) is 0 Å². The van der Waals surface area contributed by atoms with E-state index < -0.39 is 8.07 Å². The summed E-state index contributed by atoms with van der Waals surface area (Å²) < 4.78 is 0. The van der Waals surface area contributed by atoms with E-state index in [1.54, 1.807) is 10.4 Å². The number of hydrogen-bond acceptors (Lipinski definition) is 0. The minimum absolute atomic E-state index is 0.886. The molecule has 128 valence electrons. The third-order valence-electron chi connectivity index (χ3n) is 6.44. The molecule has 1 fully saturated rings.